The average molecular weight is 422 g/mol. The van der Waals surface area contributed by atoms with E-state index < -0.39 is 5.92 Å². The van der Waals surface area contributed by atoms with Gasteiger partial charge in [-0.3, -0.25) is 9.59 Å². The zero-order valence-electron chi connectivity index (χ0n) is 14.0. The van der Waals surface area contributed by atoms with Gasteiger partial charge in [-0.25, -0.2) is 0 Å². The summed E-state index contributed by atoms with van der Waals surface area (Å²) in [7, 11) is 0. The zero-order valence-corrected chi connectivity index (χ0v) is 16.3. The molecule has 2 amide bonds. The van der Waals surface area contributed by atoms with Gasteiger partial charge in [0, 0.05) is 23.1 Å². The lowest BCUT2D eigenvalue weighted by Gasteiger charge is -2.18. The molecule has 1 saturated heterocycles. The first-order valence-corrected chi connectivity index (χ1v) is 9.15. The molecule has 130 valence electrons. The van der Waals surface area contributed by atoms with Crippen LogP contribution in [0.4, 0.5) is 11.4 Å². The second kappa shape index (κ2) is 7.18. The fraction of sp³-hybridized carbons (Fsp3) is 0.263. The van der Waals surface area contributed by atoms with Crippen molar-refractivity contribution >= 4 is 50.7 Å². The number of halogens is 2. The molecular formula is C19H18BrClN2O2. The monoisotopic (exact) mass is 420 g/mol. The summed E-state index contributed by atoms with van der Waals surface area (Å²) in [6.07, 6.45) is 0.201. The Labute approximate surface area is 160 Å². The molecule has 2 aromatic rings. The molecule has 1 fully saturated rings. The third-order valence-electron chi connectivity index (χ3n) is 4.20. The molecule has 1 heterocycles. The Morgan fingerprint density at radius 3 is 2.52 bits per heavy atom. The standard InChI is InChI=1S/C19H18BrClN2O2/c1-11-5-12(2)7-15(6-11)23-10-13(8-18(23)24)19(25)22-17-4-3-14(20)9-16(17)21/h3-7,9,13H,8,10H2,1-2H3,(H,22,25)/t13-/m0/s1. The molecule has 0 saturated carbocycles. The van der Waals surface area contributed by atoms with Gasteiger partial charge in [0.2, 0.25) is 11.8 Å². The molecule has 0 unspecified atom stereocenters. The van der Waals surface area contributed by atoms with E-state index in [9.17, 15) is 9.59 Å². The molecule has 1 atom stereocenters. The normalized spacial score (nSPS) is 17.0. The number of nitrogens with one attached hydrogen (secondary N) is 1. The molecule has 4 nitrogen and oxygen atoms in total. The number of nitrogens with zero attached hydrogens (tertiary/aromatic N) is 1. The quantitative estimate of drug-likeness (QED) is 0.780. The molecule has 0 aromatic heterocycles. The first-order valence-electron chi connectivity index (χ1n) is 7.98. The highest BCUT2D eigenvalue weighted by molar-refractivity contribution is 9.10. The van der Waals surface area contributed by atoms with E-state index in [1.807, 2.05) is 32.0 Å². The Morgan fingerprint density at radius 2 is 1.88 bits per heavy atom. The first kappa shape index (κ1) is 18.0. The van der Waals surface area contributed by atoms with E-state index in [1.165, 1.54) is 0 Å². The predicted octanol–water partition coefficient (Wildman–Crippen LogP) is 4.71. The van der Waals surface area contributed by atoms with E-state index in [2.05, 4.69) is 27.3 Å². The Hall–Kier alpha value is -1.85. The van der Waals surface area contributed by atoms with Crippen molar-refractivity contribution in [2.75, 3.05) is 16.8 Å². The van der Waals surface area contributed by atoms with Gasteiger partial charge in [-0.1, -0.05) is 33.6 Å². The summed E-state index contributed by atoms with van der Waals surface area (Å²) in [4.78, 5) is 26.6. The minimum absolute atomic E-state index is 0.0351. The molecule has 6 heteroatoms. The zero-order chi connectivity index (χ0) is 18.1. The van der Waals surface area contributed by atoms with Gasteiger partial charge in [-0.05, 0) is 55.3 Å². The second-order valence-corrected chi connectivity index (χ2v) is 7.69. The summed E-state index contributed by atoms with van der Waals surface area (Å²) in [6, 6.07) is 11.3. The highest BCUT2D eigenvalue weighted by atomic mass is 79.9. The highest BCUT2D eigenvalue weighted by Crippen LogP contribution is 2.30. The van der Waals surface area contributed by atoms with E-state index in [4.69, 9.17) is 11.6 Å². The van der Waals surface area contributed by atoms with Gasteiger partial charge >= 0.3 is 0 Å². The summed E-state index contributed by atoms with van der Waals surface area (Å²) in [5.41, 5.74) is 3.58. The lowest BCUT2D eigenvalue weighted by molar-refractivity contribution is -0.122. The van der Waals surface area contributed by atoms with Crippen LogP contribution in [0.5, 0.6) is 0 Å². The summed E-state index contributed by atoms with van der Waals surface area (Å²) in [6.45, 7) is 4.37. The van der Waals surface area contributed by atoms with Crippen LogP contribution in [0, 0.1) is 19.8 Å². The van der Waals surface area contributed by atoms with Crippen molar-refractivity contribution < 1.29 is 9.59 Å². The van der Waals surface area contributed by atoms with Gasteiger partial charge in [-0.15, -0.1) is 0 Å². The Morgan fingerprint density at radius 1 is 1.20 bits per heavy atom. The highest BCUT2D eigenvalue weighted by Gasteiger charge is 2.35. The maximum absolute atomic E-state index is 12.5. The Kier molecular flexibility index (Phi) is 5.16. The summed E-state index contributed by atoms with van der Waals surface area (Å²) in [5.74, 6) is -0.621. The molecule has 1 aliphatic rings. The van der Waals surface area contributed by atoms with Gasteiger partial charge in [-0.2, -0.15) is 0 Å². The van der Waals surface area contributed by atoms with Crippen molar-refractivity contribution in [3.8, 4) is 0 Å². The van der Waals surface area contributed by atoms with Crippen molar-refractivity contribution in [2.45, 2.75) is 20.3 Å². The van der Waals surface area contributed by atoms with E-state index in [0.717, 1.165) is 21.3 Å². The summed E-state index contributed by atoms with van der Waals surface area (Å²) < 4.78 is 0.840. The lowest BCUT2D eigenvalue weighted by atomic mass is 10.1. The SMILES string of the molecule is Cc1cc(C)cc(N2C[C@@H](C(=O)Nc3ccc(Br)cc3Cl)CC2=O)c1. The number of carbonyl (C=O) groups is 2. The fourth-order valence-corrected chi connectivity index (χ4v) is 3.79. The van der Waals surface area contributed by atoms with Crippen molar-refractivity contribution in [1.29, 1.82) is 0 Å². The fourth-order valence-electron chi connectivity index (χ4n) is 3.06. The molecule has 1 aliphatic heterocycles. The van der Waals surface area contributed by atoms with E-state index >= 15 is 0 Å². The van der Waals surface area contributed by atoms with Crippen LogP contribution >= 0.6 is 27.5 Å². The maximum Gasteiger partial charge on any atom is 0.229 e. The molecule has 0 bridgehead atoms. The number of hydrogen-bond acceptors (Lipinski definition) is 2. The van der Waals surface area contributed by atoms with Crippen molar-refractivity contribution in [3.63, 3.8) is 0 Å². The van der Waals surface area contributed by atoms with Gasteiger partial charge in [0.15, 0.2) is 0 Å². The molecule has 2 aromatic carbocycles. The van der Waals surface area contributed by atoms with Crippen LogP contribution in [-0.2, 0) is 9.59 Å². The number of amides is 2. The molecular weight excluding hydrogens is 404 g/mol. The molecule has 0 aliphatic carbocycles. The lowest BCUT2D eigenvalue weighted by Crippen LogP contribution is -2.28. The number of anilines is 2. The van der Waals surface area contributed by atoms with Crippen LogP contribution in [0.3, 0.4) is 0 Å². The Bertz CT molecular complexity index is 833. The molecule has 25 heavy (non-hydrogen) atoms. The summed E-state index contributed by atoms with van der Waals surface area (Å²) >= 11 is 9.48. The Balaban J connectivity index is 1.74. The van der Waals surface area contributed by atoms with Crippen LogP contribution in [0.2, 0.25) is 5.02 Å². The van der Waals surface area contributed by atoms with Crippen LogP contribution in [0.25, 0.3) is 0 Å². The van der Waals surface area contributed by atoms with Crippen molar-refractivity contribution in [3.05, 3.63) is 57.0 Å². The maximum atomic E-state index is 12.5. The topological polar surface area (TPSA) is 49.4 Å². The van der Waals surface area contributed by atoms with Crippen molar-refractivity contribution in [2.24, 2.45) is 5.92 Å². The van der Waals surface area contributed by atoms with Gasteiger partial charge in [0.05, 0.1) is 16.6 Å². The van der Waals surface area contributed by atoms with Gasteiger partial charge in [0.1, 0.15) is 0 Å². The number of rotatable bonds is 3. The average Bonchev–Trinajstić information content (AvgIpc) is 2.91. The largest absolute Gasteiger partial charge is 0.324 e. The molecule has 1 N–H and O–H groups in total. The number of benzene rings is 2. The smallest absolute Gasteiger partial charge is 0.229 e. The van der Waals surface area contributed by atoms with Gasteiger partial charge in [0.25, 0.3) is 0 Å². The van der Waals surface area contributed by atoms with Crippen molar-refractivity contribution in [1.82, 2.24) is 0 Å². The third kappa shape index (κ3) is 4.05. The number of aryl methyl sites for hydroxylation is 2. The first-order chi connectivity index (χ1) is 11.8. The minimum atomic E-state index is -0.395. The van der Waals surface area contributed by atoms with Gasteiger partial charge < -0.3 is 10.2 Å². The van der Waals surface area contributed by atoms with E-state index in [0.29, 0.717) is 17.3 Å². The van der Waals surface area contributed by atoms with Crippen LogP contribution in [0.1, 0.15) is 17.5 Å². The molecule has 0 spiro atoms. The molecule has 3 rings (SSSR count). The van der Waals surface area contributed by atoms with Crippen LogP contribution in [-0.4, -0.2) is 18.4 Å². The predicted molar refractivity (Wildman–Crippen MR) is 104 cm³/mol. The van der Waals surface area contributed by atoms with E-state index in [1.54, 1.807) is 17.0 Å². The van der Waals surface area contributed by atoms with Crippen LogP contribution < -0.4 is 10.2 Å². The number of hydrogen-bond donors (Lipinski definition) is 1. The second-order valence-electron chi connectivity index (χ2n) is 6.36. The van der Waals surface area contributed by atoms with Crippen LogP contribution in [0.15, 0.2) is 40.9 Å². The van der Waals surface area contributed by atoms with E-state index in [-0.39, 0.29) is 18.2 Å². The molecule has 0 radical (unpaired) electrons. The minimum Gasteiger partial charge on any atom is -0.324 e. The number of carbonyl (C=O) groups excluding carboxylic acids is 2. The third-order valence-corrected chi connectivity index (χ3v) is 5.01. The summed E-state index contributed by atoms with van der Waals surface area (Å²) in [5, 5.41) is 3.28.